The minimum atomic E-state index is -4.32. The molecule has 8 nitrogen and oxygen atoms in total. The minimum absolute atomic E-state index is 0.0881. The molecule has 9 heteroatoms. The number of allylic oxidation sites excluding steroid dienone is 4. The van der Waals surface area contributed by atoms with Crippen LogP contribution in [-0.4, -0.2) is 47.8 Å². The van der Waals surface area contributed by atoms with E-state index in [-0.39, 0.29) is 25.7 Å². The van der Waals surface area contributed by atoms with Gasteiger partial charge in [0.15, 0.2) is 0 Å². The predicted octanol–water partition coefficient (Wildman–Crippen LogP) is 13.3. The van der Waals surface area contributed by atoms with Crippen molar-refractivity contribution >= 4 is 13.7 Å². The second-order valence-corrected chi connectivity index (χ2v) is 17.4. The van der Waals surface area contributed by atoms with E-state index in [1.807, 2.05) is 0 Å². The SMILES string of the molecule is CCCCCC/C=C\C/C=C\CCCCCCCCCC(=O)NC(COP(=O)(O)OCCN)C(O)CCCCCCCCCCCCCCCCCCCC. The van der Waals surface area contributed by atoms with Crippen molar-refractivity contribution in [3.63, 3.8) is 0 Å². The van der Waals surface area contributed by atoms with Gasteiger partial charge in [0.25, 0.3) is 0 Å². The van der Waals surface area contributed by atoms with E-state index in [0.717, 1.165) is 51.4 Å². The van der Waals surface area contributed by atoms with Crippen LogP contribution in [0.4, 0.5) is 0 Å². The van der Waals surface area contributed by atoms with E-state index in [1.54, 1.807) is 0 Å². The maximum absolute atomic E-state index is 12.8. The molecule has 3 unspecified atom stereocenters. The molecule has 0 bridgehead atoms. The lowest BCUT2D eigenvalue weighted by Gasteiger charge is -2.25. The maximum Gasteiger partial charge on any atom is 0.472 e. The van der Waals surface area contributed by atoms with Crippen molar-refractivity contribution in [2.75, 3.05) is 19.8 Å². The molecule has 0 radical (unpaired) electrons. The van der Waals surface area contributed by atoms with Gasteiger partial charge in [0.1, 0.15) is 0 Å². The molecule has 0 aromatic rings. The van der Waals surface area contributed by atoms with Gasteiger partial charge in [-0.3, -0.25) is 13.8 Å². The Morgan fingerprint density at radius 2 is 1.00 bits per heavy atom. The van der Waals surface area contributed by atoms with Crippen LogP contribution in [0.25, 0.3) is 0 Å². The Balaban J connectivity index is 4.12. The van der Waals surface area contributed by atoms with Crippen LogP contribution < -0.4 is 11.1 Å². The van der Waals surface area contributed by atoms with E-state index in [2.05, 4.69) is 43.5 Å². The lowest BCUT2D eigenvalue weighted by molar-refractivity contribution is -0.123. The Kier molecular flexibility index (Phi) is 41.8. The van der Waals surface area contributed by atoms with E-state index < -0.39 is 20.0 Å². The number of phosphoric ester groups is 1. The zero-order valence-electron chi connectivity index (χ0n) is 36.2. The van der Waals surface area contributed by atoms with E-state index in [0.29, 0.717) is 12.8 Å². The van der Waals surface area contributed by atoms with Crippen LogP contribution in [-0.2, 0) is 18.4 Å². The number of amides is 1. The number of aliphatic hydroxyl groups is 1. The van der Waals surface area contributed by atoms with Crippen LogP contribution in [0.3, 0.4) is 0 Å². The first-order chi connectivity index (χ1) is 26.9. The Hall–Kier alpha value is -1.02. The van der Waals surface area contributed by atoms with Gasteiger partial charge in [-0.1, -0.05) is 205 Å². The molecule has 326 valence electrons. The number of hydrogen-bond acceptors (Lipinski definition) is 6. The van der Waals surface area contributed by atoms with Gasteiger partial charge < -0.3 is 21.1 Å². The third-order valence-corrected chi connectivity index (χ3v) is 11.5. The van der Waals surface area contributed by atoms with Crippen LogP contribution in [0.15, 0.2) is 24.3 Å². The van der Waals surface area contributed by atoms with Crippen molar-refractivity contribution in [1.29, 1.82) is 0 Å². The number of rotatable bonds is 44. The molecule has 0 aromatic carbocycles. The highest BCUT2D eigenvalue weighted by atomic mass is 31.2. The largest absolute Gasteiger partial charge is 0.472 e. The molecule has 0 fully saturated rings. The maximum atomic E-state index is 12.8. The Labute approximate surface area is 340 Å². The van der Waals surface area contributed by atoms with Crippen LogP contribution in [0.5, 0.6) is 0 Å². The first-order valence-electron chi connectivity index (χ1n) is 23.5. The van der Waals surface area contributed by atoms with E-state index in [1.165, 1.54) is 154 Å². The molecule has 0 saturated carbocycles. The normalized spacial score (nSPS) is 14.2. The molecule has 0 spiro atoms. The monoisotopic (exact) mass is 799 g/mol. The highest BCUT2D eigenvalue weighted by Gasteiger charge is 2.27. The number of nitrogens with two attached hydrogens (primary N) is 1. The van der Waals surface area contributed by atoms with Crippen LogP contribution in [0.2, 0.25) is 0 Å². The molecule has 0 saturated heterocycles. The molecule has 55 heavy (non-hydrogen) atoms. The topological polar surface area (TPSA) is 131 Å². The number of aliphatic hydroxyl groups excluding tert-OH is 1. The molecule has 0 aromatic heterocycles. The van der Waals surface area contributed by atoms with Gasteiger partial charge in [0.2, 0.25) is 5.91 Å². The summed E-state index contributed by atoms with van der Waals surface area (Å²) in [6.07, 6.45) is 49.0. The summed E-state index contributed by atoms with van der Waals surface area (Å²) in [5.74, 6) is -0.167. The molecule has 0 aliphatic rings. The summed E-state index contributed by atoms with van der Waals surface area (Å²) >= 11 is 0. The van der Waals surface area contributed by atoms with Crippen molar-refractivity contribution in [3.05, 3.63) is 24.3 Å². The quantitative estimate of drug-likeness (QED) is 0.0274. The molecule has 1 amide bonds. The predicted molar refractivity (Wildman–Crippen MR) is 235 cm³/mol. The molecule has 3 atom stereocenters. The molecule has 5 N–H and O–H groups in total. The Morgan fingerprint density at radius 3 is 1.45 bits per heavy atom. The van der Waals surface area contributed by atoms with Gasteiger partial charge in [-0.05, 0) is 44.9 Å². The Bertz CT molecular complexity index is 917. The van der Waals surface area contributed by atoms with Crippen LogP contribution >= 0.6 is 7.82 Å². The third-order valence-electron chi connectivity index (χ3n) is 10.6. The van der Waals surface area contributed by atoms with Gasteiger partial charge in [0.05, 0.1) is 25.4 Å². The van der Waals surface area contributed by atoms with E-state index in [9.17, 15) is 19.4 Å². The van der Waals surface area contributed by atoms with Crippen LogP contribution in [0.1, 0.15) is 232 Å². The number of carbonyl (C=O) groups excluding carboxylic acids is 1. The molecule has 0 aliphatic heterocycles. The summed E-state index contributed by atoms with van der Waals surface area (Å²) in [4.78, 5) is 22.8. The number of unbranched alkanes of at least 4 members (excludes halogenated alkanes) is 28. The molecule has 0 aliphatic carbocycles. The number of nitrogens with one attached hydrogen (secondary N) is 1. The second kappa shape index (κ2) is 42.6. The average Bonchev–Trinajstić information content (AvgIpc) is 3.17. The zero-order chi connectivity index (χ0) is 40.3. The lowest BCUT2D eigenvalue weighted by atomic mass is 10.0. The van der Waals surface area contributed by atoms with Crippen molar-refractivity contribution in [1.82, 2.24) is 5.32 Å². The molecular formula is C46H91N2O6P. The smallest absolute Gasteiger partial charge is 0.391 e. The second-order valence-electron chi connectivity index (χ2n) is 16.0. The standard InChI is InChI=1S/C46H91N2O6P/c1-3-5-7-9-11-13-15-17-19-21-23-25-27-29-31-33-35-37-39-45(49)44(43-54-55(51,52)53-42-41-47)48-46(50)40-38-36-34-32-30-28-26-24-22-20-18-16-14-12-10-8-6-4-2/h14,16,20,22,44-45,49H,3-13,15,17-19,21,23-43,47H2,1-2H3,(H,48,50)(H,51,52)/b16-14-,22-20-. The molecular weight excluding hydrogens is 707 g/mol. The number of phosphoric acid groups is 1. The van der Waals surface area contributed by atoms with Gasteiger partial charge in [-0.2, -0.15) is 0 Å². The Morgan fingerprint density at radius 1 is 0.600 bits per heavy atom. The number of hydrogen-bond donors (Lipinski definition) is 4. The first-order valence-corrected chi connectivity index (χ1v) is 24.9. The number of carbonyl (C=O) groups is 1. The minimum Gasteiger partial charge on any atom is -0.391 e. The fraction of sp³-hybridized carbons (Fsp3) is 0.891. The molecule has 0 rings (SSSR count). The fourth-order valence-corrected chi connectivity index (χ4v) is 7.75. The lowest BCUT2D eigenvalue weighted by Crippen LogP contribution is -2.46. The highest BCUT2D eigenvalue weighted by molar-refractivity contribution is 7.47. The highest BCUT2D eigenvalue weighted by Crippen LogP contribution is 2.43. The third kappa shape index (κ3) is 41.0. The van der Waals surface area contributed by atoms with Gasteiger partial charge in [0, 0.05) is 13.0 Å². The van der Waals surface area contributed by atoms with Gasteiger partial charge >= 0.3 is 7.82 Å². The van der Waals surface area contributed by atoms with Crippen molar-refractivity contribution in [2.45, 2.75) is 244 Å². The van der Waals surface area contributed by atoms with Crippen LogP contribution in [0, 0.1) is 0 Å². The summed E-state index contributed by atoms with van der Waals surface area (Å²) in [6.45, 7) is 4.21. The summed E-state index contributed by atoms with van der Waals surface area (Å²) < 4.78 is 22.2. The summed E-state index contributed by atoms with van der Waals surface area (Å²) in [5, 5.41) is 13.8. The summed E-state index contributed by atoms with van der Waals surface area (Å²) in [5.41, 5.74) is 5.39. The van der Waals surface area contributed by atoms with Crippen molar-refractivity contribution in [3.8, 4) is 0 Å². The zero-order valence-corrected chi connectivity index (χ0v) is 37.1. The van der Waals surface area contributed by atoms with E-state index in [4.69, 9.17) is 14.8 Å². The van der Waals surface area contributed by atoms with E-state index >= 15 is 0 Å². The first kappa shape index (κ1) is 54.0. The fourth-order valence-electron chi connectivity index (χ4n) is 6.99. The summed E-state index contributed by atoms with van der Waals surface area (Å²) in [7, 11) is -4.32. The molecule has 0 heterocycles. The summed E-state index contributed by atoms with van der Waals surface area (Å²) in [6, 6.07) is -0.777. The van der Waals surface area contributed by atoms with Crippen molar-refractivity contribution in [2.24, 2.45) is 5.73 Å². The van der Waals surface area contributed by atoms with Crippen molar-refractivity contribution < 1.29 is 28.4 Å². The average molecular weight is 799 g/mol. The van der Waals surface area contributed by atoms with Gasteiger partial charge in [-0.25, -0.2) is 4.57 Å². The van der Waals surface area contributed by atoms with Gasteiger partial charge in [-0.15, -0.1) is 0 Å².